The van der Waals surface area contributed by atoms with Crippen LogP contribution in [0.15, 0.2) is 95.0 Å². The van der Waals surface area contributed by atoms with Crippen molar-refractivity contribution in [3.05, 3.63) is 112 Å². The van der Waals surface area contributed by atoms with Gasteiger partial charge in [0.1, 0.15) is 17.4 Å². The molecule has 0 spiro atoms. The minimum Gasteiger partial charge on any atom is -0.422 e. The van der Waals surface area contributed by atoms with Crippen LogP contribution in [0.3, 0.4) is 0 Å². The summed E-state index contributed by atoms with van der Waals surface area (Å²) in [6.45, 7) is 1.95. The number of carbonyl (C=O) groups is 2. The molecule has 34 heavy (non-hydrogen) atoms. The van der Waals surface area contributed by atoms with Gasteiger partial charge in [-0.05, 0) is 75.6 Å². The summed E-state index contributed by atoms with van der Waals surface area (Å²) in [5, 5.41) is 13.9. The Labute approximate surface area is 205 Å². The van der Waals surface area contributed by atoms with Crippen LogP contribution in [0, 0.1) is 18.3 Å². The number of aryl methyl sites for hydroxylation is 1. The molecule has 4 aromatic rings. The van der Waals surface area contributed by atoms with Crippen LogP contribution in [-0.2, 0) is 4.79 Å². The minimum absolute atomic E-state index is 0.0482. The smallest absolute Gasteiger partial charge is 0.344 e. The zero-order chi connectivity index (χ0) is 24.1. The maximum absolute atomic E-state index is 12.8. The Balaban J connectivity index is 1.52. The zero-order valence-corrected chi connectivity index (χ0v) is 19.8. The Kier molecular flexibility index (Phi) is 6.86. The highest BCUT2D eigenvalue weighted by Crippen LogP contribution is 2.29. The van der Waals surface area contributed by atoms with Gasteiger partial charge in [-0.1, -0.05) is 60.2 Å². The third kappa shape index (κ3) is 5.22. The summed E-state index contributed by atoms with van der Waals surface area (Å²) in [6.07, 6.45) is 1.48. The van der Waals surface area contributed by atoms with Crippen molar-refractivity contribution in [3.8, 4) is 11.8 Å². The van der Waals surface area contributed by atoms with Crippen LogP contribution < -0.4 is 10.1 Å². The molecule has 0 bridgehead atoms. The molecule has 0 radical (unpaired) electrons. The van der Waals surface area contributed by atoms with Crippen molar-refractivity contribution in [2.24, 2.45) is 0 Å². The first-order valence-electron chi connectivity index (χ1n) is 10.4. The van der Waals surface area contributed by atoms with E-state index in [9.17, 15) is 14.9 Å². The number of anilines is 1. The van der Waals surface area contributed by atoms with Crippen molar-refractivity contribution in [3.63, 3.8) is 0 Å². The van der Waals surface area contributed by atoms with Crippen molar-refractivity contribution in [2.45, 2.75) is 6.92 Å². The van der Waals surface area contributed by atoms with Gasteiger partial charge in [-0.25, -0.2) is 4.79 Å². The summed E-state index contributed by atoms with van der Waals surface area (Å²) in [7, 11) is 0. The van der Waals surface area contributed by atoms with Crippen LogP contribution in [0.4, 0.5) is 5.69 Å². The number of carbonyl (C=O) groups excluding carboxylic acids is 2. The minimum atomic E-state index is -0.506. The molecule has 0 saturated carbocycles. The normalized spacial score (nSPS) is 11.0. The fourth-order valence-corrected chi connectivity index (χ4v) is 3.88. The van der Waals surface area contributed by atoms with Crippen molar-refractivity contribution >= 4 is 50.3 Å². The summed E-state index contributed by atoms with van der Waals surface area (Å²) in [6, 6.07) is 27.3. The molecule has 0 heterocycles. The fraction of sp³-hybridized carbons (Fsp3) is 0.0357. The van der Waals surface area contributed by atoms with Gasteiger partial charge in [0.25, 0.3) is 5.91 Å². The van der Waals surface area contributed by atoms with Crippen LogP contribution in [0.5, 0.6) is 5.75 Å². The molecule has 0 aliphatic carbocycles. The summed E-state index contributed by atoms with van der Waals surface area (Å²) in [5.74, 6) is -0.650. The molecular weight excluding hydrogens is 492 g/mol. The molecule has 0 aliphatic rings. The molecule has 1 amide bonds. The average Bonchev–Trinajstić information content (AvgIpc) is 2.85. The number of fused-ring (bicyclic) bond motifs is 1. The number of hydrogen-bond acceptors (Lipinski definition) is 4. The third-order valence-electron chi connectivity index (χ3n) is 5.15. The van der Waals surface area contributed by atoms with Gasteiger partial charge in [-0.2, -0.15) is 5.26 Å². The fourth-order valence-electron chi connectivity index (χ4n) is 3.40. The Morgan fingerprint density at radius 3 is 2.44 bits per heavy atom. The molecule has 0 unspecified atom stereocenters. The van der Waals surface area contributed by atoms with Crippen LogP contribution in [0.2, 0.25) is 0 Å². The van der Waals surface area contributed by atoms with Crippen molar-refractivity contribution in [2.75, 3.05) is 5.32 Å². The highest BCUT2D eigenvalue weighted by Gasteiger charge is 2.15. The second-order valence-corrected chi connectivity index (χ2v) is 8.45. The van der Waals surface area contributed by atoms with E-state index < -0.39 is 11.9 Å². The number of halogens is 1. The second-order valence-electron chi connectivity index (χ2n) is 7.60. The first-order chi connectivity index (χ1) is 16.4. The summed E-state index contributed by atoms with van der Waals surface area (Å²) in [5.41, 5.74) is 2.70. The monoisotopic (exact) mass is 510 g/mol. The van der Waals surface area contributed by atoms with E-state index in [4.69, 9.17) is 4.74 Å². The average molecular weight is 511 g/mol. The predicted molar refractivity (Wildman–Crippen MR) is 136 cm³/mol. The molecule has 4 rings (SSSR count). The standard InChI is InChI=1S/C28H19BrN2O3/c1-18-9-12-22(13-10-18)31-27(32)21(17-30)15-19-11-14-26(25(29)16-19)34-28(33)24-8-4-6-20-5-2-3-7-23(20)24/h2-16H,1H3,(H,31,32)/b21-15+. The largest absolute Gasteiger partial charge is 0.422 e. The van der Waals surface area contributed by atoms with Crippen molar-refractivity contribution in [1.82, 2.24) is 0 Å². The number of nitrogens with one attached hydrogen (secondary N) is 1. The van der Waals surface area contributed by atoms with Crippen molar-refractivity contribution < 1.29 is 14.3 Å². The van der Waals surface area contributed by atoms with Gasteiger partial charge in [0, 0.05) is 5.69 Å². The Hall–Kier alpha value is -4.21. The summed E-state index contributed by atoms with van der Waals surface area (Å²) >= 11 is 3.42. The van der Waals surface area contributed by atoms with Gasteiger partial charge >= 0.3 is 5.97 Å². The van der Waals surface area contributed by atoms with E-state index in [-0.39, 0.29) is 5.57 Å². The molecule has 4 aromatic carbocycles. The van der Waals surface area contributed by atoms with Crippen LogP contribution in [0.1, 0.15) is 21.5 Å². The van der Waals surface area contributed by atoms with Gasteiger partial charge in [-0.3, -0.25) is 4.79 Å². The predicted octanol–water partition coefficient (Wildman–Crippen LogP) is 6.68. The lowest BCUT2D eigenvalue weighted by atomic mass is 10.0. The first-order valence-corrected chi connectivity index (χ1v) is 11.2. The zero-order valence-electron chi connectivity index (χ0n) is 18.2. The number of amides is 1. The van der Waals surface area contributed by atoms with Crippen LogP contribution >= 0.6 is 15.9 Å². The second kappa shape index (κ2) is 10.2. The van der Waals surface area contributed by atoms with E-state index in [0.29, 0.717) is 27.0 Å². The van der Waals surface area contributed by atoms with Gasteiger partial charge in [-0.15, -0.1) is 0 Å². The quantitative estimate of drug-likeness (QED) is 0.140. The van der Waals surface area contributed by atoms with Crippen LogP contribution in [-0.4, -0.2) is 11.9 Å². The van der Waals surface area contributed by atoms with E-state index in [1.807, 2.05) is 61.5 Å². The SMILES string of the molecule is Cc1ccc(NC(=O)/C(C#N)=C/c2ccc(OC(=O)c3cccc4ccccc34)c(Br)c2)cc1. The molecule has 6 heteroatoms. The number of ether oxygens (including phenoxy) is 1. The molecule has 0 fully saturated rings. The highest BCUT2D eigenvalue weighted by atomic mass is 79.9. The molecule has 0 aliphatic heterocycles. The van der Waals surface area contributed by atoms with E-state index in [1.165, 1.54) is 6.08 Å². The van der Waals surface area contributed by atoms with E-state index in [0.717, 1.165) is 16.3 Å². The van der Waals surface area contributed by atoms with Gasteiger partial charge < -0.3 is 10.1 Å². The Morgan fingerprint density at radius 2 is 1.71 bits per heavy atom. The molecule has 166 valence electrons. The maximum Gasteiger partial charge on any atom is 0.344 e. The van der Waals surface area contributed by atoms with Crippen LogP contribution in [0.25, 0.3) is 16.8 Å². The molecular formula is C28H19BrN2O3. The number of nitriles is 1. The number of benzene rings is 4. The summed E-state index contributed by atoms with van der Waals surface area (Å²) < 4.78 is 6.13. The number of nitrogens with zero attached hydrogens (tertiary/aromatic N) is 1. The molecule has 0 atom stereocenters. The highest BCUT2D eigenvalue weighted by molar-refractivity contribution is 9.10. The van der Waals surface area contributed by atoms with Gasteiger partial charge in [0.15, 0.2) is 0 Å². The maximum atomic E-state index is 12.8. The van der Waals surface area contributed by atoms with Crippen molar-refractivity contribution in [1.29, 1.82) is 5.26 Å². The third-order valence-corrected chi connectivity index (χ3v) is 5.77. The number of rotatable bonds is 5. The summed E-state index contributed by atoms with van der Waals surface area (Å²) in [4.78, 5) is 25.3. The molecule has 0 saturated heterocycles. The van der Waals surface area contributed by atoms with E-state index in [2.05, 4.69) is 21.2 Å². The lowest BCUT2D eigenvalue weighted by molar-refractivity contribution is -0.112. The molecule has 1 N–H and O–H groups in total. The molecule has 0 aromatic heterocycles. The Morgan fingerprint density at radius 1 is 0.971 bits per heavy atom. The lowest BCUT2D eigenvalue weighted by Crippen LogP contribution is -2.13. The topological polar surface area (TPSA) is 79.2 Å². The van der Waals surface area contributed by atoms with Gasteiger partial charge in [0.05, 0.1) is 10.0 Å². The number of hydrogen-bond donors (Lipinski definition) is 1. The molecule has 5 nitrogen and oxygen atoms in total. The van der Waals surface area contributed by atoms with E-state index in [1.54, 1.807) is 36.4 Å². The Bertz CT molecular complexity index is 1460. The number of esters is 1. The van der Waals surface area contributed by atoms with E-state index >= 15 is 0 Å². The first kappa shape index (κ1) is 23.0. The van der Waals surface area contributed by atoms with Gasteiger partial charge in [0.2, 0.25) is 0 Å². The lowest BCUT2D eigenvalue weighted by Gasteiger charge is -2.09.